The highest BCUT2D eigenvalue weighted by atomic mass is 16.2. The summed E-state index contributed by atoms with van der Waals surface area (Å²) in [5.41, 5.74) is 0. The second kappa shape index (κ2) is 2.81. The van der Waals surface area contributed by atoms with E-state index in [4.69, 9.17) is 0 Å². The van der Waals surface area contributed by atoms with Gasteiger partial charge in [-0.25, -0.2) is 0 Å². The molecule has 0 aromatic rings. The molecule has 0 aromatic carbocycles. The van der Waals surface area contributed by atoms with E-state index in [2.05, 4.69) is 0 Å². The van der Waals surface area contributed by atoms with Gasteiger partial charge in [0, 0.05) is 19.0 Å². The molecule has 1 aliphatic heterocycles. The predicted molar refractivity (Wildman–Crippen MR) is 50.6 cm³/mol. The van der Waals surface area contributed by atoms with E-state index in [0.29, 0.717) is 24.9 Å². The standard InChI is InChI=1S/C11H15NO2/c13-10-3-4-12(11(10)14)9-6-7-1-2-8(9)5-7/h7-9H,1-6H2. The topological polar surface area (TPSA) is 37.4 Å². The van der Waals surface area contributed by atoms with Gasteiger partial charge in [-0.1, -0.05) is 6.42 Å². The summed E-state index contributed by atoms with van der Waals surface area (Å²) >= 11 is 0. The number of fused-ring (bicyclic) bond motifs is 2. The van der Waals surface area contributed by atoms with E-state index in [0.717, 1.165) is 12.3 Å². The van der Waals surface area contributed by atoms with Crippen molar-refractivity contribution in [1.82, 2.24) is 4.90 Å². The third-order valence-corrected chi connectivity index (χ3v) is 4.18. The molecule has 0 radical (unpaired) electrons. The first-order chi connectivity index (χ1) is 6.75. The lowest BCUT2D eigenvalue weighted by atomic mass is 9.94. The molecule has 1 saturated heterocycles. The Hall–Kier alpha value is -0.860. The zero-order valence-electron chi connectivity index (χ0n) is 8.24. The summed E-state index contributed by atoms with van der Waals surface area (Å²) in [6, 6.07) is 0.410. The molecule has 0 spiro atoms. The first kappa shape index (κ1) is 8.45. The van der Waals surface area contributed by atoms with Crippen molar-refractivity contribution in [3.05, 3.63) is 0 Å². The third kappa shape index (κ3) is 1.04. The summed E-state index contributed by atoms with van der Waals surface area (Å²) in [4.78, 5) is 24.6. The maximum Gasteiger partial charge on any atom is 0.290 e. The van der Waals surface area contributed by atoms with Crippen molar-refractivity contribution in [2.24, 2.45) is 11.8 Å². The van der Waals surface area contributed by atoms with Crippen LogP contribution in [0.3, 0.4) is 0 Å². The average Bonchev–Trinajstić information content (AvgIpc) is 2.84. The van der Waals surface area contributed by atoms with Crippen molar-refractivity contribution in [2.75, 3.05) is 6.54 Å². The van der Waals surface area contributed by atoms with Crippen LogP contribution in [0, 0.1) is 11.8 Å². The van der Waals surface area contributed by atoms with Gasteiger partial charge >= 0.3 is 0 Å². The SMILES string of the molecule is O=C1CCN(C2CC3CCC2C3)C1=O. The van der Waals surface area contributed by atoms with E-state index in [1.807, 2.05) is 4.90 Å². The molecule has 3 atom stereocenters. The lowest BCUT2D eigenvalue weighted by Crippen LogP contribution is -2.40. The Morgan fingerprint density at radius 3 is 2.50 bits per heavy atom. The Morgan fingerprint density at radius 2 is 2.00 bits per heavy atom. The van der Waals surface area contributed by atoms with Crippen LogP contribution in [0.4, 0.5) is 0 Å². The first-order valence-corrected chi connectivity index (χ1v) is 5.59. The average molecular weight is 193 g/mol. The number of hydrogen-bond donors (Lipinski definition) is 0. The molecule has 1 heterocycles. The summed E-state index contributed by atoms with van der Waals surface area (Å²) < 4.78 is 0. The minimum Gasteiger partial charge on any atom is -0.332 e. The number of amides is 1. The Morgan fingerprint density at radius 1 is 1.14 bits per heavy atom. The van der Waals surface area contributed by atoms with Gasteiger partial charge in [-0.3, -0.25) is 9.59 Å². The van der Waals surface area contributed by atoms with Crippen molar-refractivity contribution in [1.29, 1.82) is 0 Å². The first-order valence-electron chi connectivity index (χ1n) is 5.59. The number of Topliss-reactive ketones (excluding diaryl/α,β-unsaturated/α-hetero) is 1. The van der Waals surface area contributed by atoms with E-state index in [1.165, 1.54) is 19.3 Å². The van der Waals surface area contributed by atoms with E-state index >= 15 is 0 Å². The van der Waals surface area contributed by atoms with E-state index in [-0.39, 0.29) is 11.7 Å². The molecular formula is C11H15NO2. The number of likely N-dealkylation sites (tertiary alicyclic amines) is 1. The summed E-state index contributed by atoms with van der Waals surface area (Å²) in [6.07, 6.45) is 5.52. The van der Waals surface area contributed by atoms with Crippen LogP contribution in [0.5, 0.6) is 0 Å². The summed E-state index contributed by atoms with van der Waals surface area (Å²) in [5.74, 6) is 1.17. The maximum absolute atomic E-state index is 11.5. The molecule has 0 aromatic heterocycles. The highest BCUT2D eigenvalue weighted by Gasteiger charge is 2.46. The smallest absolute Gasteiger partial charge is 0.290 e. The molecule has 3 unspecified atom stereocenters. The molecule has 3 aliphatic rings. The maximum atomic E-state index is 11.5. The van der Waals surface area contributed by atoms with Gasteiger partial charge in [0.25, 0.3) is 5.91 Å². The van der Waals surface area contributed by atoms with Crippen molar-refractivity contribution in [2.45, 2.75) is 38.1 Å². The summed E-state index contributed by atoms with van der Waals surface area (Å²) in [5, 5.41) is 0. The van der Waals surface area contributed by atoms with Crippen LogP contribution in [0.15, 0.2) is 0 Å². The molecule has 2 saturated carbocycles. The number of carbonyl (C=O) groups excluding carboxylic acids is 2. The van der Waals surface area contributed by atoms with Gasteiger partial charge in [0.15, 0.2) is 0 Å². The molecule has 3 fully saturated rings. The minimum atomic E-state index is -0.206. The second-order valence-electron chi connectivity index (χ2n) is 4.91. The van der Waals surface area contributed by atoms with Gasteiger partial charge in [-0.2, -0.15) is 0 Å². The van der Waals surface area contributed by atoms with Crippen molar-refractivity contribution >= 4 is 11.7 Å². The fraction of sp³-hybridized carbons (Fsp3) is 0.818. The molecule has 3 rings (SSSR count). The molecule has 1 amide bonds. The molecule has 2 bridgehead atoms. The second-order valence-corrected chi connectivity index (χ2v) is 4.91. The van der Waals surface area contributed by atoms with Crippen molar-refractivity contribution in [3.8, 4) is 0 Å². The molecule has 0 N–H and O–H groups in total. The molecule has 14 heavy (non-hydrogen) atoms. The minimum absolute atomic E-state index is 0.173. The van der Waals surface area contributed by atoms with E-state index < -0.39 is 0 Å². The van der Waals surface area contributed by atoms with Crippen LogP contribution in [0.2, 0.25) is 0 Å². The van der Waals surface area contributed by atoms with Crippen LogP contribution in [-0.4, -0.2) is 29.2 Å². The van der Waals surface area contributed by atoms with Gasteiger partial charge in [0.05, 0.1) is 0 Å². The van der Waals surface area contributed by atoms with Gasteiger partial charge in [0.1, 0.15) is 0 Å². The van der Waals surface area contributed by atoms with Gasteiger partial charge in [-0.05, 0) is 31.1 Å². The fourth-order valence-electron chi connectivity index (χ4n) is 3.50. The number of rotatable bonds is 1. The van der Waals surface area contributed by atoms with Crippen LogP contribution in [0.1, 0.15) is 32.1 Å². The van der Waals surface area contributed by atoms with Gasteiger partial charge in [0.2, 0.25) is 5.78 Å². The molecule has 2 aliphatic carbocycles. The van der Waals surface area contributed by atoms with Crippen molar-refractivity contribution in [3.63, 3.8) is 0 Å². The molecule has 76 valence electrons. The normalized spacial score (nSPS) is 41.4. The summed E-state index contributed by atoms with van der Waals surface area (Å²) in [7, 11) is 0. The predicted octanol–water partition coefficient (Wildman–Crippen LogP) is 0.976. The van der Waals surface area contributed by atoms with Crippen LogP contribution in [0.25, 0.3) is 0 Å². The number of carbonyl (C=O) groups is 2. The van der Waals surface area contributed by atoms with E-state index in [1.54, 1.807) is 0 Å². The lowest BCUT2D eigenvalue weighted by Gasteiger charge is -2.30. The zero-order valence-corrected chi connectivity index (χ0v) is 8.24. The Balaban J connectivity index is 1.78. The number of nitrogens with zero attached hydrogens (tertiary/aromatic N) is 1. The third-order valence-electron chi connectivity index (χ3n) is 4.18. The quantitative estimate of drug-likeness (QED) is 0.582. The van der Waals surface area contributed by atoms with E-state index in [9.17, 15) is 9.59 Å². The number of hydrogen-bond acceptors (Lipinski definition) is 2. The highest BCUT2D eigenvalue weighted by Crippen LogP contribution is 2.47. The highest BCUT2D eigenvalue weighted by molar-refractivity contribution is 6.37. The number of ketones is 1. The van der Waals surface area contributed by atoms with Crippen LogP contribution < -0.4 is 0 Å². The van der Waals surface area contributed by atoms with Crippen molar-refractivity contribution < 1.29 is 9.59 Å². The van der Waals surface area contributed by atoms with Gasteiger partial charge < -0.3 is 4.90 Å². The molecule has 3 heteroatoms. The Kier molecular flexibility index (Phi) is 1.70. The molecule has 3 nitrogen and oxygen atoms in total. The lowest BCUT2D eigenvalue weighted by molar-refractivity contribution is -0.141. The van der Waals surface area contributed by atoms with Crippen LogP contribution in [-0.2, 0) is 9.59 Å². The largest absolute Gasteiger partial charge is 0.332 e. The van der Waals surface area contributed by atoms with Gasteiger partial charge in [-0.15, -0.1) is 0 Å². The monoisotopic (exact) mass is 193 g/mol. The summed E-state index contributed by atoms with van der Waals surface area (Å²) in [6.45, 7) is 0.686. The Labute approximate surface area is 83.5 Å². The Bertz CT molecular complexity index is 300. The fourth-order valence-corrected chi connectivity index (χ4v) is 3.50. The zero-order chi connectivity index (χ0) is 9.71. The van der Waals surface area contributed by atoms with Crippen LogP contribution >= 0.6 is 0 Å². The molecular weight excluding hydrogens is 178 g/mol.